The van der Waals surface area contributed by atoms with Crippen LogP contribution < -0.4 is 5.32 Å². The van der Waals surface area contributed by atoms with Gasteiger partial charge < -0.3 is 5.32 Å². The van der Waals surface area contributed by atoms with Gasteiger partial charge in [-0.2, -0.15) is 11.8 Å². The van der Waals surface area contributed by atoms with E-state index in [0.717, 1.165) is 18.2 Å². The quantitative estimate of drug-likeness (QED) is 0.475. The molecule has 88 valence electrons. The van der Waals surface area contributed by atoms with Crippen LogP contribution in [0.1, 0.15) is 6.42 Å². The Balaban J connectivity index is 2.62. The molecule has 0 spiro atoms. The Morgan fingerprint density at radius 3 is 2.88 bits per heavy atom. The average molecular weight is 244 g/mol. The molecule has 16 heavy (non-hydrogen) atoms. The van der Waals surface area contributed by atoms with Crippen molar-refractivity contribution in [3.8, 4) is 0 Å². The van der Waals surface area contributed by atoms with E-state index in [0.29, 0.717) is 12.2 Å². The molecule has 1 aromatic carbocycles. The van der Waals surface area contributed by atoms with Gasteiger partial charge in [-0.05, 0) is 24.5 Å². The van der Waals surface area contributed by atoms with Crippen LogP contribution in [0, 0.1) is 15.9 Å². The second kappa shape index (κ2) is 6.32. The minimum atomic E-state index is -0.601. The Bertz CT molecular complexity index is 374. The second-order valence-corrected chi connectivity index (χ2v) is 4.21. The molecular weight excluding hydrogens is 231 g/mol. The van der Waals surface area contributed by atoms with Crippen LogP contribution in [0.3, 0.4) is 0 Å². The highest BCUT2D eigenvalue weighted by atomic mass is 32.2. The van der Waals surface area contributed by atoms with Gasteiger partial charge in [-0.25, -0.2) is 4.39 Å². The largest absolute Gasteiger partial charge is 0.385 e. The molecule has 0 saturated carbocycles. The van der Waals surface area contributed by atoms with Crippen molar-refractivity contribution in [2.75, 3.05) is 23.9 Å². The van der Waals surface area contributed by atoms with Crippen molar-refractivity contribution in [2.45, 2.75) is 6.42 Å². The van der Waals surface area contributed by atoms with Gasteiger partial charge in [0.15, 0.2) is 0 Å². The Morgan fingerprint density at radius 2 is 2.25 bits per heavy atom. The zero-order valence-corrected chi connectivity index (χ0v) is 9.72. The highest BCUT2D eigenvalue weighted by molar-refractivity contribution is 7.98. The lowest BCUT2D eigenvalue weighted by atomic mass is 10.2. The van der Waals surface area contributed by atoms with Gasteiger partial charge in [-0.3, -0.25) is 10.1 Å². The summed E-state index contributed by atoms with van der Waals surface area (Å²) in [7, 11) is 0. The number of anilines is 1. The number of halogens is 1. The lowest BCUT2D eigenvalue weighted by Gasteiger charge is -2.05. The van der Waals surface area contributed by atoms with Crippen molar-refractivity contribution in [1.29, 1.82) is 0 Å². The normalized spacial score (nSPS) is 10.1. The zero-order chi connectivity index (χ0) is 12.0. The molecule has 0 unspecified atom stereocenters. The summed E-state index contributed by atoms with van der Waals surface area (Å²) in [4.78, 5) is 9.89. The van der Waals surface area contributed by atoms with Crippen LogP contribution in [-0.4, -0.2) is 23.5 Å². The lowest BCUT2D eigenvalue weighted by molar-refractivity contribution is -0.385. The molecule has 0 aliphatic carbocycles. The van der Waals surface area contributed by atoms with Crippen molar-refractivity contribution in [3.05, 3.63) is 34.1 Å². The SMILES string of the molecule is CSCCCNc1cc(F)cc([N+](=O)[O-])c1. The molecule has 0 aliphatic rings. The number of hydrogen-bond donors (Lipinski definition) is 1. The van der Waals surface area contributed by atoms with E-state index in [-0.39, 0.29) is 5.69 Å². The topological polar surface area (TPSA) is 55.2 Å². The third kappa shape index (κ3) is 4.06. The molecular formula is C10H13FN2O2S. The number of nitrogens with one attached hydrogen (secondary N) is 1. The predicted octanol–water partition coefficient (Wildman–Crippen LogP) is 2.90. The van der Waals surface area contributed by atoms with Gasteiger partial charge in [-0.15, -0.1) is 0 Å². The van der Waals surface area contributed by atoms with E-state index in [1.165, 1.54) is 12.1 Å². The van der Waals surface area contributed by atoms with E-state index < -0.39 is 10.7 Å². The number of non-ortho nitro benzene ring substituents is 1. The molecule has 1 rings (SSSR count). The van der Waals surface area contributed by atoms with Crippen molar-refractivity contribution in [1.82, 2.24) is 0 Å². The predicted molar refractivity (Wildman–Crippen MR) is 64.5 cm³/mol. The van der Waals surface area contributed by atoms with Crippen molar-refractivity contribution >= 4 is 23.1 Å². The van der Waals surface area contributed by atoms with Gasteiger partial charge in [0, 0.05) is 18.3 Å². The zero-order valence-electron chi connectivity index (χ0n) is 8.90. The number of thioether (sulfide) groups is 1. The first kappa shape index (κ1) is 12.8. The van der Waals surface area contributed by atoms with Crippen molar-refractivity contribution in [3.63, 3.8) is 0 Å². The molecule has 0 aliphatic heterocycles. The average Bonchev–Trinajstić information content (AvgIpc) is 2.23. The number of nitro benzene ring substituents is 1. The third-order valence-electron chi connectivity index (χ3n) is 1.95. The van der Waals surface area contributed by atoms with Crippen LogP contribution in [0.25, 0.3) is 0 Å². The van der Waals surface area contributed by atoms with E-state index in [9.17, 15) is 14.5 Å². The fraction of sp³-hybridized carbons (Fsp3) is 0.400. The van der Waals surface area contributed by atoms with Gasteiger partial charge >= 0.3 is 0 Å². The fourth-order valence-electron chi connectivity index (χ4n) is 1.23. The maximum atomic E-state index is 13.0. The maximum absolute atomic E-state index is 13.0. The highest BCUT2D eigenvalue weighted by Crippen LogP contribution is 2.19. The monoisotopic (exact) mass is 244 g/mol. The summed E-state index contributed by atoms with van der Waals surface area (Å²) in [5, 5.41) is 13.4. The molecule has 0 saturated heterocycles. The number of benzene rings is 1. The van der Waals surface area contributed by atoms with Gasteiger partial charge in [0.1, 0.15) is 5.82 Å². The fourth-order valence-corrected chi connectivity index (χ4v) is 1.66. The van der Waals surface area contributed by atoms with Crippen LogP contribution in [0.15, 0.2) is 18.2 Å². The Hall–Kier alpha value is -1.30. The van der Waals surface area contributed by atoms with Crippen molar-refractivity contribution in [2.24, 2.45) is 0 Å². The summed E-state index contributed by atoms with van der Waals surface area (Å²) in [5.74, 6) is 0.409. The third-order valence-corrected chi connectivity index (χ3v) is 2.64. The molecule has 0 radical (unpaired) electrons. The second-order valence-electron chi connectivity index (χ2n) is 3.23. The smallest absolute Gasteiger partial charge is 0.274 e. The molecule has 6 heteroatoms. The minimum absolute atomic E-state index is 0.229. The van der Waals surface area contributed by atoms with E-state index in [1.807, 2.05) is 6.26 Å². The van der Waals surface area contributed by atoms with Gasteiger partial charge in [0.25, 0.3) is 5.69 Å². The van der Waals surface area contributed by atoms with E-state index in [4.69, 9.17) is 0 Å². The highest BCUT2D eigenvalue weighted by Gasteiger charge is 2.09. The van der Waals surface area contributed by atoms with E-state index in [2.05, 4.69) is 5.32 Å². The van der Waals surface area contributed by atoms with Crippen LogP contribution >= 0.6 is 11.8 Å². The first-order chi connectivity index (χ1) is 7.63. The van der Waals surface area contributed by atoms with Crippen LogP contribution in [-0.2, 0) is 0 Å². The summed E-state index contributed by atoms with van der Waals surface area (Å²) in [6.45, 7) is 0.682. The summed E-state index contributed by atoms with van der Waals surface area (Å²) in [6, 6.07) is 3.50. The first-order valence-corrected chi connectivity index (χ1v) is 6.20. The molecule has 0 bridgehead atoms. The Morgan fingerprint density at radius 1 is 1.50 bits per heavy atom. The standard InChI is InChI=1S/C10H13FN2O2S/c1-16-4-2-3-12-9-5-8(11)6-10(7-9)13(14)15/h5-7,12H,2-4H2,1H3. The molecule has 1 N–H and O–H groups in total. The minimum Gasteiger partial charge on any atom is -0.385 e. The molecule has 4 nitrogen and oxygen atoms in total. The summed E-state index contributed by atoms with van der Waals surface area (Å²) < 4.78 is 13.0. The molecule has 0 fully saturated rings. The van der Waals surface area contributed by atoms with E-state index >= 15 is 0 Å². The number of hydrogen-bond acceptors (Lipinski definition) is 4. The Labute approximate surface area is 97.4 Å². The summed E-state index contributed by atoms with van der Waals surface area (Å²) >= 11 is 1.73. The van der Waals surface area contributed by atoms with Gasteiger partial charge in [-0.1, -0.05) is 0 Å². The first-order valence-electron chi connectivity index (χ1n) is 4.81. The number of nitro groups is 1. The maximum Gasteiger partial charge on any atom is 0.274 e. The molecule has 0 atom stereocenters. The van der Waals surface area contributed by atoms with Crippen molar-refractivity contribution < 1.29 is 9.31 Å². The molecule has 0 amide bonds. The number of rotatable bonds is 6. The van der Waals surface area contributed by atoms with E-state index in [1.54, 1.807) is 11.8 Å². The summed E-state index contributed by atoms with van der Waals surface area (Å²) in [5.41, 5.74) is 0.222. The van der Waals surface area contributed by atoms with Crippen LogP contribution in [0.2, 0.25) is 0 Å². The molecule has 0 heterocycles. The molecule has 0 aromatic heterocycles. The van der Waals surface area contributed by atoms with Gasteiger partial charge in [0.05, 0.1) is 11.0 Å². The van der Waals surface area contributed by atoms with Crippen LogP contribution in [0.5, 0.6) is 0 Å². The van der Waals surface area contributed by atoms with Crippen LogP contribution in [0.4, 0.5) is 15.8 Å². The number of nitrogens with zero attached hydrogens (tertiary/aromatic N) is 1. The Kier molecular flexibility index (Phi) is 5.04. The summed E-state index contributed by atoms with van der Waals surface area (Å²) in [6.07, 6.45) is 2.94. The van der Waals surface area contributed by atoms with Gasteiger partial charge in [0.2, 0.25) is 0 Å². The lowest BCUT2D eigenvalue weighted by Crippen LogP contribution is -2.03. The molecule has 1 aromatic rings.